The fourth-order valence-corrected chi connectivity index (χ4v) is 3.25. The Hall–Kier alpha value is -1.05. The van der Waals surface area contributed by atoms with E-state index < -0.39 is 0 Å². The number of hydrogen-bond donors (Lipinski definition) is 0. The van der Waals surface area contributed by atoms with Crippen molar-refractivity contribution in [2.75, 3.05) is 38.6 Å². The molecule has 1 aromatic rings. The maximum atomic E-state index is 9.34. The highest BCUT2D eigenvalue weighted by Crippen LogP contribution is 2.27. The van der Waals surface area contributed by atoms with E-state index >= 15 is 0 Å². The van der Waals surface area contributed by atoms with Gasteiger partial charge in [0.2, 0.25) is 0 Å². The number of rotatable bonds is 4. The van der Waals surface area contributed by atoms with Gasteiger partial charge in [-0.15, -0.1) is 0 Å². The molecule has 1 aromatic carbocycles. The summed E-state index contributed by atoms with van der Waals surface area (Å²) >= 11 is 3.44. The third-order valence-corrected chi connectivity index (χ3v) is 4.56. The molecule has 20 heavy (non-hydrogen) atoms. The minimum atomic E-state index is 0.786. The van der Waals surface area contributed by atoms with Crippen LogP contribution in [0.3, 0.4) is 0 Å². The zero-order valence-electron chi connectivity index (χ0n) is 12.3. The van der Waals surface area contributed by atoms with Gasteiger partial charge in [0.1, 0.15) is 6.07 Å². The Balaban J connectivity index is 2.05. The first-order valence-electron chi connectivity index (χ1n) is 7.12. The van der Waals surface area contributed by atoms with Crippen molar-refractivity contribution in [3.05, 3.63) is 29.3 Å². The first-order chi connectivity index (χ1) is 9.63. The predicted molar refractivity (Wildman–Crippen MR) is 87.3 cm³/mol. The first-order valence-corrected chi connectivity index (χ1v) is 8.25. The molecule has 1 fully saturated rings. The summed E-state index contributed by atoms with van der Waals surface area (Å²) in [5, 5.41) is 10.1. The number of benzene rings is 1. The minimum Gasteiger partial charge on any atom is -0.370 e. The van der Waals surface area contributed by atoms with Crippen LogP contribution in [-0.4, -0.2) is 38.6 Å². The largest absolute Gasteiger partial charge is 0.370 e. The lowest BCUT2D eigenvalue weighted by atomic mass is 9.95. The SMILES string of the molecule is CN(C)CC1CCN(c2ccc(CBr)cc2C#N)CC1. The van der Waals surface area contributed by atoms with Crippen molar-refractivity contribution in [2.24, 2.45) is 5.92 Å². The van der Waals surface area contributed by atoms with E-state index in [0.717, 1.165) is 41.2 Å². The van der Waals surface area contributed by atoms with Gasteiger partial charge in [0.05, 0.1) is 11.3 Å². The lowest BCUT2D eigenvalue weighted by Gasteiger charge is -2.35. The summed E-state index contributed by atoms with van der Waals surface area (Å²) in [4.78, 5) is 4.63. The van der Waals surface area contributed by atoms with Crippen LogP contribution in [0.2, 0.25) is 0 Å². The molecule has 0 atom stereocenters. The van der Waals surface area contributed by atoms with E-state index in [1.807, 2.05) is 6.07 Å². The molecular formula is C16H22BrN3. The van der Waals surface area contributed by atoms with E-state index in [0.29, 0.717) is 0 Å². The van der Waals surface area contributed by atoms with Crippen LogP contribution in [0.25, 0.3) is 0 Å². The van der Waals surface area contributed by atoms with Gasteiger partial charge in [-0.25, -0.2) is 0 Å². The van der Waals surface area contributed by atoms with Crippen LogP contribution in [0.15, 0.2) is 18.2 Å². The zero-order valence-corrected chi connectivity index (χ0v) is 13.9. The Kier molecular flexibility index (Phi) is 5.45. The molecule has 0 unspecified atom stereocenters. The minimum absolute atomic E-state index is 0.786. The average molecular weight is 336 g/mol. The Labute approximate surface area is 130 Å². The summed E-state index contributed by atoms with van der Waals surface area (Å²) in [6.45, 7) is 3.28. The quantitative estimate of drug-likeness (QED) is 0.791. The number of piperidine rings is 1. The van der Waals surface area contributed by atoms with Crippen molar-refractivity contribution in [1.82, 2.24) is 4.90 Å². The molecule has 0 saturated carbocycles. The molecule has 0 N–H and O–H groups in total. The summed E-state index contributed by atoms with van der Waals surface area (Å²) in [6, 6.07) is 8.54. The Morgan fingerprint density at radius 1 is 1.35 bits per heavy atom. The van der Waals surface area contributed by atoms with Gasteiger partial charge in [0, 0.05) is 25.0 Å². The van der Waals surface area contributed by atoms with Crippen molar-refractivity contribution in [2.45, 2.75) is 18.2 Å². The molecule has 4 heteroatoms. The Morgan fingerprint density at radius 3 is 2.60 bits per heavy atom. The highest BCUT2D eigenvalue weighted by atomic mass is 79.9. The lowest BCUT2D eigenvalue weighted by Crippen LogP contribution is -2.37. The van der Waals surface area contributed by atoms with Gasteiger partial charge >= 0.3 is 0 Å². The number of nitriles is 1. The molecule has 0 aliphatic carbocycles. The van der Waals surface area contributed by atoms with Gasteiger partial charge < -0.3 is 9.80 Å². The summed E-state index contributed by atoms with van der Waals surface area (Å²) in [5.41, 5.74) is 3.06. The normalized spacial score (nSPS) is 16.4. The van der Waals surface area contributed by atoms with Gasteiger partial charge in [0.15, 0.2) is 0 Å². The topological polar surface area (TPSA) is 30.3 Å². The van der Waals surface area contributed by atoms with Crippen molar-refractivity contribution in [3.63, 3.8) is 0 Å². The number of alkyl halides is 1. The van der Waals surface area contributed by atoms with Gasteiger partial charge in [0.25, 0.3) is 0 Å². The number of halogens is 1. The van der Waals surface area contributed by atoms with Gasteiger partial charge in [-0.05, 0) is 50.6 Å². The highest BCUT2D eigenvalue weighted by Gasteiger charge is 2.21. The van der Waals surface area contributed by atoms with Crippen molar-refractivity contribution in [3.8, 4) is 6.07 Å². The van der Waals surface area contributed by atoms with E-state index in [-0.39, 0.29) is 0 Å². The second-order valence-electron chi connectivity index (χ2n) is 5.79. The van der Waals surface area contributed by atoms with Crippen LogP contribution in [-0.2, 0) is 5.33 Å². The Bertz CT molecular complexity index is 485. The molecule has 1 saturated heterocycles. The van der Waals surface area contributed by atoms with Crippen molar-refractivity contribution in [1.29, 1.82) is 5.26 Å². The van der Waals surface area contributed by atoms with Crippen molar-refractivity contribution >= 4 is 21.6 Å². The third-order valence-electron chi connectivity index (χ3n) is 3.91. The van der Waals surface area contributed by atoms with Gasteiger partial charge in [-0.2, -0.15) is 5.26 Å². The molecule has 0 aromatic heterocycles. The van der Waals surface area contributed by atoms with Crippen LogP contribution in [0, 0.1) is 17.2 Å². The second-order valence-corrected chi connectivity index (χ2v) is 6.35. The fraction of sp³-hybridized carbons (Fsp3) is 0.562. The van der Waals surface area contributed by atoms with Crippen LogP contribution in [0.1, 0.15) is 24.0 Å². The predicted octanol–water partition coefficient (Wildman–Crippen LogP) is 3.23. The Morgan fingerprint density at radius 2 is 2.05 bits per heavy atom. The molecule has 108 valence electrons. The molecule has 0 spiro atoms. The standard InChI is InChI=1S/C16H22BrN3/c1-19(2)12-13-5-7-20(8-6-13)16-4-3-14(10-17)9-15(16)11-18/h3-4,9,13H,5-8,10,12H2,1-2H3. The van der Waals surface area contributed by atoms with E-state index in [4.69, 9.17) is 0 Å². The molecule has 1 aliphatic heterocycles. The van der Waals surface area contributed by atoms with Crippen LogP contribution in [0.5, 0.6) is 0 Å². The third kappa shape index (κ3) is 3.74. The lowest BCUT2D eigenvalue weighted by molar-refractivity contribution is 0.285. The van der Waals surface area contributed by atoms with E-state index in [2.05, 4.69) is 58.0 Å². The van der Waals surface area contributed by atoms with Crippen molar-refractivity contribution < 1.29 is 0 Å². The summed E-state index contributed by atoms with van der Waals surface area (Å²) < 4.78 is 0. The van der Waals surface area contributed by atoms with E-state index in [9.17, 15) is 5.26 Å². The number of nitrogens with zero attached hydrogens (tertiary/aromatic N) is 3. The molecule has 1 aliphatic rings. The van der Waals surface area contributed by atoms with Crippen LogP contribution < -0.4 is 4.90 Å². The molecule has 2 rings (SSSR count). The maximum absolute atomic E-state index is 9.34. The second kappa shape index (κ2) is 7.10. The van der Waals surface area contributed by atoms with Crippen LogP contribution >= 0.6 is 15.9 Å². The van der Waals surface area contributed by atoms with Crippen LogP contribution in [0.4, 0.5) is 5.69 Å². The monoisotopic (exact) mass is 335 g/mol. The molecule has 0 radical (unpaired) electrons. The highest BCUT2D eigenvalue weighted by molar-refractivity contribution is 9.08. The summed E-state index contributed by atoms with van der Waals surface area (Å²) in [5.74, 6) is 0.786. The number of anilines is 1. The average Bonchev–Trinajstić information content (AvgIpc) is 2.47. The van der Waals surface area contributed by atoms with E-state index in [1.54, 1.807) is 0 Å². The molecule has 0 amide bonds. The molecule has 0 bridgehead atoms. The zero-order chi connectivity index (χ0) is 14.5. The smallest absolute Gasteiger partial charge is 0.101 e. The molecular weight excluding hydrogens is 314 g/mol. The van der Waals surface area contributed by atoms with Gasteiger partial charge in [-0.1, -0.05) is 22.0 Å². The molecule has 3 nitrogen and oxygen atoms in total. The summed E-state index contributed by atoms with van der Waals surface area (Å²) in [6.07, 6.45) is 2.42. The molecule has 1 heterocycles. The maximum Gasteiger partial charge on any atom is 0.101 e. The first kappa shape index (κ1) is 15.3. The van der Waals surface area contributed by atoms with Gasteiger partial charge in [-0.3, -0.25) is 0 Å². The fourth-order valence-electron chi connectivity index (χ4n) is 2.90. The summed E-state index contributed by atoms with van der Waals surface area (Å²) in [7, 11) is 4.28. The number of hydrogen-bond acceptors (Lipinski definition) is 3. The van der Waals surface area contributed by atoms with E-state index in [1.165, 1.54) is 19.4 Å².